The molecule has 2 rings (SSSR count). The van der Waals surface area contributed by atoms with Crippen molar-refractivity contribution in [3.8, 4) is 0 Å². The van der Waals surface area contributed by atoms with Gasteiger partial charge in [0.1, 0.15) is 5.69 Å². The third-order valence-corrected chi connectivity index (χ3v) is 5.84. The SMILES string of the molecule is CCCc1cc(C(=O)N[C@@H]2COC[C@H]2CS(=O)(=O)N(C)C)n[nH]1. The highest BCUT2D eigenvalue weighted by Gasteiger charge is 2.34. The second kappa shape index (κ2) is 7.41. The average Bonchev–Trinajstić information content (AvgIpc) is 3.09. The Morgan fingerprint density at radius 3 is 2.87 bits per heavy atom. The van der Waals surface area contributed by atoms with E-state index in [0.29, 0.717) is 18.9 Å². The number of nitrogens with zero attached hydrogens (tertiary/aromatic N) is 2. The second-order valence-corrected chi connectivity index (χ2v) is 8.19. The number of carbonyl (C=O) groups is 1. The first-order valence-corrected chi connectivity index (χ1v) is 9.27. The molecule has 0 aromatic carbocycles. The molecule has 2 atom stereocenters. The Bertz CT molecular complexity index is 641. The van der Waals surface area contributed by atoms with E-state index in [1.165, 1.54) is 18.4 Å². The van der Waals surface area contributed by atoms with Gasteiger partial charge in [-0.2, -0.15) is 5.10 Å². The normalized spacial score (nSPS) is 21.7. The maximum absolute atomic E-state index is 12.3. The minimum absolute atomic E-state index is 0.0490. The number of aryl methyl sites for hydroxylation is 1. The molecule has 1 aliphatic heterocycles. The van der Waals surface area contributed by atoms with Gasteiger partial charge in [-0.1, -0.05) is 13.3 Å². The Morgan fingerprint density at radius 2 is 2.22 bits per heavy atom. The van der Waals surface area contributed by atoms with E-state index in [-0.39, 0.29) is 23.6 Å². The number of aromatic nitrogens is 2. The van der Waals surface area contributed by atoms with Crippen LogP contribution in [0.4, 0.5) is 0 Å². The Kier molecular flexibility index (Phi) is 5.77. The Labute approximate surface area is 136 Å². The molecule has 2 N–H and O–H groups in total. The highest BCUT2D eigenvalue weighted by Crippen LogP contribution is 2.17. The summed E-state index contributed by atoms with van der Waals surface area (Å²) < 4.78 is 30.5. The molecular formula is C14H24N4O4S. The number of amides is 1. The standard InChI is InChI=1S/C14H24N4O4S/c1-4-5-11-6-12(17-16-11)14(19)15-13-8-22-7-10(13)9-23(20,21)18(2)3/h6,10,13H,4-5,7-9H2,1-3H3,(H,15,19)(H,16,17)/t10-,13+/m0/s1. The molecule has 1 aromatic rings. The van der Waals surface area contributed by atoms with E-state index in [1.807, 2.05) is 6.92 Å². The fraction of sp³-hybridized carbons (Fsp3) is 0.714. The van der Waals surface area contributed by atoms with Crippen LogP contribution in [-0.2, 0) is 21.2 Å². The Balaban J connectivity index is 1.99. The molecular weight excluding hydrogens is 320 g/mol. The molecule has 23 heavy (non-hydrogen) atoms. The molecule has 0 radical (unpaired) electrons. The molecule has 0 saturated carbocycles. The number of hydrogen-bond acceptors (Lipinski definition) is 5. The molecule has 0 bridgehead atoms. The summed E-state index contributed by atoms with van der Waals surface area (Å²) in [5.74, 6) is -0.626. The van der Waals surface area contributed by atoms with Crippen LogP contribution in [0.2, 0.25) is 0 Å². The lowest BCUT2D eigenvalue weighted by molar-refractivity contribution is 0.0921. The van der Waals surface area contributed by atoms with Crippen LogP contribution < -0.4 is 5.32 Å². The van der Waals surface area contributed by atoms with Crippen molar-refractivity contribution in [1.82, 2.24) is 19.8 Å². The zero-order valence-corrected chi connectivity index (χ0v) is 14.5. The van der Waals surface area contributed by atoms with Crippen LogP contribution in [0.5, 0.6) is 0 Å². The van der Waals surface area contributed by atoms with Crippen molar-refractivity contribution in [2.75, 3.05) is 33.1 Å². The molecule has 8 nitrogen and oxygen atoms in total. The molecule has 9 heteroatoms. The smallest absolute Gasteiger partial charge is 0.272 e. The van der Waals surface area contributed by atoms with Crippen LogP contribution in [0.25, 0.3) is 0 Å². The second-order valence-electron chi connectivity index (χ2n) is 5.97. The summed E-state index contributed by atoms with van der Waals surface area (Å²) in [5, 5.41) is 9.67. The van der Waals surface area contributed by atoms with Crippen molar-refractivity contribution < 1.29 is 17.9 Å². The van der Waals surface area contributed by atoms with Gasteiger partial charge in [-0.3, -0.25) is 9.89 Å². The predicted molar refractivity (Wildman–Crippen MR) is 85.6 cm³/mol. The summed E-state index contributed by atoms with van der Waals surface area (Å²) in [7, 11) is -0.342. The summed E-state index contributed by atoms with van der Waals surface area (Å²) in [6.45, 7) is 2.68. The fourth-order valence-electron chi connectivity index (χ4n) is 2.46. The van der Waals surface area contributed by atoms with E-state index in [9.17, 15) is 13.2 Å². The van der Waals surface area contributed by atoms with E-state index in [4.69, 9.17) is 4.74 Å². The first kappa shape index (κ1) is 17.9. The van der Waals surface area contributed by atoms with Crippen molar-refractivity contribution in [3.05, 3.63) is 17.5 Å². The van der Waals surface area contributed by atoms with Crippen LogP contribution >= 0.6 is 0 Å². The average molecular weight is 344 g/mol. The largest absolute Gasteiger partial charge is 0.379 e. The van der Waals surface area contributed by atoms with Gasteiger partial charge in [0.15, 0.2) is 0 Å². The highest BCUT2D eigenvalue weighted by molar-refractivity contribution is 7.89. The number of ether oxygens (including phenoxy) is 1. The van der Waals surface area contributed by atoms with Gasteiger partial charge in [-0.25, -0.2) is 12.7 Å². The van der Waals surface area contributed by atoms with E-state index >= 15 is 0 Å². The van der Waals surface area contributed by atoms with E-state index in [1.54, 1.807) is 6.07 Å². The maximum atomic E-state index is 12.3. The number of aromatic amines is 1. The number of sulfonamides is 1. The lowest BCUT2D eigenvalue weighted by Crippen LogP contribution is -2.43. The van der Waals surface area contributed by atoms with Crippen molar-refractivity contribution in [2.24, 2.45) is 5.92 Å². The van der Waals surface area contributed by atoms with Gasteiger partial charge in [0, 0.05) is 25.7 Å². The van der Waals surface area contributed by atoms with Gasteiger partial charge in [-0.15, -0.1) is 0 Å². The van der Waals surface area contributed by atoms with Gasteiger partial charge < -0.3 is 10.1 Å². The lowest BCUT2D eigenvalue weighted by Gasteiger charge is -2.20. The van der Waals surface area contributed by atoms with Crippen LogP contribution in [0.15, 0.2) is 6.07 Å². The van der Waals surface area contributed by atoms with Gasteiger partial charge >= 0.3 is 0 Å². The third-order valence-electron chi connectivity index (χ3n) is 3.88. The lowest BCUT2D eigenvalue weighted by atomic mass is 10.1. The van der Waals surface area contributed by atoms with E-state index in [0.717, 1.165) is 18.5 Å². The summed E-state index contributed by atoms with van der Waals surface area (Å²) in [6.07, 6.45) is 1.79. The summed E-state index contributed by atoms with van der Waals surface area (Å²) >= 11 is 0. The minimum atomic E-state index is -3.34. The van der Waals surface area contributed by atoms with Gasteiger partial charge in [0.05, 0.1) is 25.0 Å². The Morgan fingerprint density at radius 1 is 1.48 bits per heavy atom. The number of nitrogens with one attached hydrogen (secondary N) is 2. The van der Waals surface area contributed by atoms with Crippen molar-refractivity contribution in [1.29, 1.82) is 0 Å². The van der Waals surface area contributed by atoms with Gasteiger partial charge in [0.2, 0.25) is 10.0 Å². The first-order chi connectivity index (χ1) is 10.8. The molecule has 1 aromatic heterocycles. The van der Waals surface area contributed by atoms with Crippen LogP contribution in [0.1, 0.15) is 29.5 Å². The highest BCUT2D eigenvalue weighted by atomic mass is 32.2. The van der Waals surface area contributed by atoms with Crippen molar-refractivity contribution in [2.45, 2.75) is 25.8 Å². The molecule has 1 aliphatic rings. The Hall–Kier alpha value is -1.45. The molecule has 1 amide bonds. The summed E-state index contributed by atoms with van der Waals surface area (Å²) in [6, 6.07) is 1.39. The zero-order chi connectivity index (χ0) is 17.0. The third kappa shape index (κ3) is 4.52. The number of rotatable bonds is 7. The number of carbonyl (C=O) groups excluding carboxylic acids is 1. The minimum Gasteiger partial charge on any atom is -0.379 e. The first-order valence-electron chi connectivity index (χ1n) is 7.66. The summed E-state index contributed by atoms with van der Waals surface area (Å²) in [5.41, 5.74) is 1.22. The molecule has 0 spiro atoms. The molecule has 1 saturated heterocycles. The number of H-pyrrole nitrogens is 1. The van der Waals surface area contributed by atoms with Crippen molar-refractivity contribution in [3.63, 3.8) is 0 Å². The molecule has 130 valence electrons. The van der Waals surface area contributed by atoms with E-state index in [2.05, 4.69) is 15.5 Å². The number of hydrogen-bond donors (Lipinski definition) is 2. The molecule has 2 heterocycles. The molecule has 0 aliphatic carbocycles. The maximum Gasteiger partial charge on any atom is 0.272 e. The van der Waals surface area contributed by atoms with Crippen molar-refractivity contribution >= 4 is 15.9 Å². The summed E-state index contributed by atoms with van der Waals surface area (Å²) in [4.78, 5) is 12.3. The molecule has 1 fully saturated rings. The molecule has 0 unspecified atom stereocenters. The fourth-order valence-corrected chi connectivity index (χ4v) is 3.63. The van der Waals surface area contributed by atoms with Crippen LogP contribution in [-0.4, -0.2) is 67.9 Å². The van der Waals surface area contributed by atoms with E-state index < -0.39 is 10.0 Å². The van der Waals surface area contributed by atoms with Crippen LogP contribution in [0, 0.1) is 5.92 Å². The topological polar surface area (TPSA) is 104 Å². The van der Waals surface area contributed by atoms with Gasteiger partial charge in [0.25, 0.3) is 5.91 Å². The predicted octanol–water partition coefficient (Wildman–Crippen LogP) is -0.00160. The quantitative estimate of drug-likeness (QED) is 0.724. The van der Waals surface area contributed by atoms with Crippen LogP contribution in [0.3, 0.4) is 0 Å². The zero-order valence-electron chi connectivity index (χ0n) is 13.7. The monoisotopic (exact) mass is 344 g/mol. The van der Waals surface area contributed by atoms with Gasteiger partial charge in [-0.05, 0) is 12.5 Å².